The van der Waals surface area contributed by atoms with Gasteiger partial charge in [-0.25, -0.2) is 0 Å². The highest BCUT2D eigenvalue weighted by Crippen LogP contribution is 2.45. The van der Waals surface area contributed by atoms with Gasteiger partial charge in [0.2, 0.25) is 5.91 Å². The first-order valence-corrected chi connectivity index (χ1v) is 10.1. The molecule has 0 aliphatic carbocycles. The normalized spacial score (nSPS) is 19.0. The van der Waals surface area contributed by atoms with Crippen LogP contribution < -0.4 is 4.90 Å². The van der Waals surface area contributed by atoms with E-state index in [4.69, 9.17) is 0 Å². The molecule has 1 fully saturated rings. The van der Waals surface area contributed by atoms with E-state index in [1.54, 1.807) is 23.1 Å². The van der Waals surface area contributed by atoms with Crippen LogP contribution >= 0.6 is 11.8 Å². The number of nitro benzene ring substituents is 1. The molecule has 1 saturated heterocycles. The van der Waals surface area contributed by atoms with Crippen molar-refractivity contribution >= 4 is 29.0 Å². The first kappa shape index (κ1) is 19.0. The van der Waals surface area contributed by atoms with Crippen molar-refractivity contribution in [1.29, 1.82) is 5.26 Å². The first-order chi connectivity index (χ1) is 14.0. The van der Waals surface area contributed by atoms with Crippen LogP contribution in [0.5, 0.6) is 0 Å². The summed E-state index contributed by atoms with van der Waals surface area (Å²) in [6, 6.07) is 16.6. The Balaban J connectivity index is 1.71. The third-order valence-corrected chi connectivity index (χ3v) is 6.32. The van der Waals surface area contributed by atoms with Crippen LogP contribution in [0.3, 0.4) is 0 Å². The molecule has 0 radical (unpaired) electrons. The van der Waals surface area contributed by atoms with Crippen molar-refractivity contribution < 1.29 is 9.72 Å². The third-order valence-electron chi connectivity index (χ3n) is 5.17. The minimum Gasteiger partial charge on any atom is -0.344 e. The number of thioether (sulfide) groups is 1. The van der Waals surface area contributed by atoms with Gasteiger partial charge in [0.05, 0.1) is 34.1 Å². The maximum atomic E-state index is 13.0. The molecule has 0 bridgehead atoms. The summed E-state index contributed by atoms with van der Waals surface area (Å²) in [6.07, 6.45) is 0.0411. The Kier molecular flexibility index (Phi) is 4.99. The summed E-state index contributed by atoms with van der Waals surface area (Å²) in [4.78, 5) is 27.7. The van der Waals surface area contributed by atoms with Crippen LogP contribution in [0.1, 0.15) is 23.5 Å². The van der Waals surface area contributed by atoms with Gasteiger partial charge in [-0.2, -0.15) is 5.26 Å². The van der Waals surface area contributed by atoms with Crippen molar-refractivity contribution in [2.24, 2.45) is 0 Å². The molecule has 2 aromatic carbocycles. The van der Waals surface area contributed by atoms with Gasteiger partial charge in [-0.1, -0.05) is 42.1 Å². The van der Waals surface area contributed by atoms with Crippen LogP contribution in [-0.2, 0) is 4.79 Å². The number of anilines is 1. The number of hydrogen-bond acceptors (Lipinski definition) is 6. The van der Waals surface area contributed by atoms with Crippen LogP contribution in [0.25, 0.3) is 0 Å². The standard InChI is InChI=1S/C21H18N4O3S/c1-14-5-4-6-15(9-14)23-12-24-20(26)10-17(18(11-22)21(24)29-13-23)16-7-2-3-8-19(16)25(27)28/h2-9,17H,10,12-13H2,1H3. The van der Waals surface area contributed by atoms with Crippen LogP contribution in [-0.4, -0.2) is 28.3 Å². The van der Waals surface area contributed by atoms with Gasteiger partial charge in [0.15, 0.2) is 0 Å². The Morgan fingerprint density at radius 1 is 1.24 bits per heavy atom. The number of carbonyl (C=O) groups excluding carboxylic acids is 1. The van der Waals surface area contributed by atoms with E-state index in [2.05, 4.69) is 17.0 Å². The largest absolute Gasteiger partial charge is 0.344 e. The molecular formula is C21H18N4O3S. The number of benzene rings is 2. The fraction of sp³-hybridized carbons (Fsp3) is 0.238. The lowest BCUT2D eigenvalue weighted by atomic mass is 9.85. The number of fused-ring (bicyclic) bond motifs is 1. The molecule has 7 nitrogen and oxygen atoms in total. The molecule has 0 spiro atoms. The van der Waals surface area contributed by atoms with Gasteiger partial charge in [-0.3, -0.25) is 19.8 Å². The van der Waals surface area contributed by atoms with E-state index in [0.717, 1.165) is 11.3 Å². The lowest BCUT2D eigenvalue weighted by Gasteiger charge is -2.42. The number of nitrogens with zero attached hydrogens (tertiary/aromatic N) is 4. The van der Waals surface area contributed by atoms with Crippen molar-refractivity contribution in [1.82, 2.24) is 4.90 Å². The lowest BCUT2D eigenvalue weighted by molar-refractivity contribution is -0.385. The number of rotatable bonds is 3. The smallest absolute Gasteiger partial charge is 0.273 e. The fourth-order valence-electron chi connectivity index (χ4n) is 3.76. The average molecular weight is 406 g/mol. The van der Waals surface area contributed by atoms with Crippen molar-refractivity contribution in [3.05, 3.63) is 80.4 Å². The van der Waals surface area contributed by atoms with Crippen LogP contribution in [0.2, 0.25) is 0 Å². The third kappa shape index (κ3) is 3.45. The Morgan fingerprint density at radius 3 is 2.76 bits per heavy atom. The zero-order valence-electron chi connectivity index (χ0n) is 15.7. The summed E-state index contributed by atoms with van der Waals surface area (Å²) in [6.45, 7) is 2.38. The molecule has 1 atom stereocenters. The highest BCUT2D eigenvalue weighted by atomic mass is 32.2. The van der Waals surface area contributed by atoms with Crippen molar-refractivity contribution in [2.75, 3.05) is 17.4 Å². The SMILES string of the molecule is Cc1cccc(N2CSC3=C(C#N)C(c4ccccc4[N+](=O)[O-])CC(=O)N3C2)c1. The predicted molar refractivity (Wildman–Crippen MR) is 111 cm³/mol. The predicted octanol–water partition coefficient (Wildman–Crippen LogP) is 4.12. The summed E-state index contributed by atoms with van der Waals surface area (Å²) >= 11 is 1.42. The molecule has 0 saturated carbocycles. The lowest BCUT2D eigenvalue weighted by Crippen LogP contribution is -2.47. The van der Waals surface area contributed by atoms with Crippen LogP contribution in [0.15, 0.2) is 59.1 Å². The topological polar surface area (TPSA) is 90.5 Å². The Labute approximate surface area is 172 Å². The quantitative estimate of drug-likeness (QED) is 0.562. The molecule has 2 heterocycles. The molecule has 2 aliphatic heterocycles. The van der Waals surface area contributed by atoms with E-state index in [-0.39, 0.29) is 18.0 Å². The van der Waals surface area contributed by atoms with Crippen molar-refractivity contribution in [3.8, 4) is 6.07 Å². The minimum atomic E-state index is -0.599. The molecule has 1 unspecified atom stereocenters. The van der Waals surface area contributed by atoms with Gasteiger partial charge in [-0.05, 0) is 24.6 Å². The van der Waals surface area contributed by atoms with Crippen LogP contribution in [0, 0.1) is 28.4 Å². The number of allylic oxidation sites excluding steroid dienone is 1. The first-order valence-electron chi connectivity index (χ1n) is 9.12. The molecule has 29 heavy (non-hydrogen) atoms. The van der Waals surface area contributed by atoms with Crippen molar-refractivity contribution in [3.63, 3.8) is 0 Å². The second-order valence-electron chi connectivity index (χ2n) is 7.02. The monoisotopic (exact) mass is 406 g/mol. The Morgan fingerprint density at radius 2 is 2.03 bits per heavy atom. The van der Waals surface area contributed by atoms with E-state index in [1.165, 1.54) is 17.8 Å². The molecule has 4 rings (SSSR count). The van der Waals surface area contributed by atoms with E-state index in [9.17, 15) is 20.2 Å². The van der Waals surface area contributed by atoms with Gasteiger partial charge in [0, 0.05) is 29.7 Å². The number of para-hydroxylation sites is 1. The van der Waals surface area contributed by atoms with Gasteiger partial charge in [0.25, 0.3) is 5.69 Å². The highest BCUT2D eigenvalue weighted by Gasteiger charge is 2.40. The maximum absolute atomic E-state index is 13.0. The number of nitro groups is 1. The van der Waals surface area contributed by atoms with Gasteiger partial charge in [0.1, 0.15) is 0 Å². The number of hydrogen-bond donors (Lipinski definition) is 0. The number of amides is 1. The van der Waals surface area contributed by atoms with E-state index >= 15 is 0 Å². The average Bonchev–Trinajstić information content (AvgIpc) is 2.73. The molecule has 146 valence electrons. The second kappa shape index (κ2) is 7.60. The van der Waals surface area contributed by atoms with E-state index in [1.807, 2.05) is 25.1 Å². The summed E-state index contributed by atoms with van der Waals surface area (Å²) in [7, 11) is 0. The molecule has 0 N–H and O–H groups in total. The maximum Gasteiger partial charge on any atom is 0.273 e. The summed E-state index contributed by atoms with van der Waals surface area (Å²) in [5.74, 6) is -0.137. The van der Waals surface area contributed by atoms with Crippen LogP contribution in [0.4, 0.5) is 11.4 Å². The van der Waals surface area contributed by atoms with Gasteiger partial charge in [-0.15, -0.1) is 0 Å². The second-order valence-corrected chi connectivity index (χ2v) is 7.95. The molecular weight excluding hydrogens is 388 g/mol. The molecule has 8 heteroatoms. The van der Waals surface area contributed by atoms with Crippen molar-refractivity contribution in [2.45, 2.75) is 19.3 Å². The Hall–Kier alpha value is -3.31. The summed E-state index contributed by atoms with van der Waals surface area (Å²) in [5.41, 5.74) is 2.93. The molecule has 0 aromatic heterocycles. The van der Waals surface area contributed by atoms with Gasteiger partial charge >= 0.3 is 0 Å². The molecule has 2 aromatic rings. The zero-order valence-corrected chi connectivity index (χ0v) is 16.6. The number of carbonyl (C=O) groups is 1. The molecule has 2 aliphatic rings. The Bertz CT molecular complexity index is 1080. The summed E-state index contributed by atoms with van der Waals surface area (Å²) < 4.78 is 0. The van der Waals surface area contributed by atoms with E-state index < -0.39 is 10.8 Å². The zero-order chi connectivity index (χ0) is 20.5. The number of aryl methyl sites for hydroxylation is 1. The summed E-state index contributed by atoms with van der Waals surface area (Å²) in [5, 5.41) is 21.9. The molecule has 1 amide bonds. The van der Waals surface area contributed by atoms with Gasteiger partial charge < -0.3 is 4.90 Å². The van der Waals surface area contributed by atoms with E-state index in [0.29, 0.717) is 28.7 Å². The number of nitriles is 1. The minimum absolute atomic E-state index is 0.0411. The highest BCUT2D eigenvalue weighted by molar-refractivity contribution is 8.03. The fourth-order valence-corrected chi connectivity index (χ4v) is 4.93.